The van der Waals surface area contributed by atoms with Crippen molar-refractivity contribution < 1.29 is 4.42 Å². The van der Waals surface area contributed by atoms with Crippen LogP contribution in [0.3, 0.4) is 0 Å². The lowest BCUT2D eigenvalue weighted by Gasteiger charge is -2.31. The summed E-state index contributed by atoms with van der Waals surface area (Å²) >= 11 is 0. The molecule has 2 aromatic heterocycles. The Morgan fingerprint density at radius 1 is 0.455 bits per heavy atom. The van der Waals surface area contributed by atoms with Gasteiger partial charge in [0.15, 0.2) is 0 Å². The first-order valence-corrected chi connectivity index (χ1v) is 19.1. The van der Waals surface area contributed by atoms with Crippen molar-refractivity contribution in [2.75, 3.05) is 4.90 Å². The molecule has 3 nitrogen and oxygen atoms in total. The molecule has 1 aliphatic heterocycles. The van der Waals surface area contributed by atoms with Crippen LogP contribution in [0, 0.1) is 0 Å². The number of nitrogens with zero attached hydrogens (tertiary/aromatic N) is 2. The second-order valence-corrected chi connectivity index (χ2v) is 14.8. The van der Waals surface area contributed by atoms with Gasteiger partial charge in [-0.2, -0.15) is 0 Å². The van der Waals surface area contributed by atoms with Gasteiger partial charge in [0.05, 0.1) is 17.1 Å². The molecular weight excluding hydrogens is 669 g/mol. The Bertz CT molecular complexity index is 3230. The predicted molar refractivity (Wildman–Crippen MR) is 230 cm³/mol. The Hall–Kier alpha value is -7.10. The van der Waals surface area contributed by atoms with Crippen LogP contribution < -0.4 is 4.90 Å². The van der Waals surface area contributed by atoms with Crippen LogP contribution >= 0.6 is 0 Å². The molecule has 3 heterocycles. The highest BCUT2D eigenvalue weighted by Crippen LogP contribution is 2.51. The van der Waals surface area contributed by atoms with E-state index in [9.17, 15) is 0 Å². The maximum absolute atomic E-state index is 6.18. The number of furan rings is 1. The van der Waals surface area contributed by atoms with Crippen LogP contribution in [0.25, 0.3) is 76.9 Å². The maximum atomic E-state index is 6.18. The highest BCUT2D eigenvalue weighted by Gasteiger charge is 2.39. The Kier molecular flexibility index (Phi) is 6.46. The summed E-state index contributed by atoms with van der Waals surface area (Å²) in [7, 11) is 0. The number of benzene rings is 8. The number of hydrogen-bond acceptors (Lipinski definition) is 2. The quantitative estimate of drug-likeness (QED) is 0.182. The summed E-state index contributed by atoms with van der Waals surface area (Å²) in [6.45, 7) is 0. The smallest absolute Gasteiger partial charge is 0.135 e. The van der Waals surface area contributed by atoms with Crippen LogP contribution in [-0.4, -0.2) is 10.6 Å². The van der Waals surface area contributed by atoms with Gasteiger partial charge in [-0.3, -0.25) is 0 Å². The number of rotatable bonds is 4. The van der Waals surface area contributed by atoms with Gasteiger partial charge in [-0.1, -0.05) is 133 Å². The number of allylic oxidation sites excluding steroid dienone is 2. The molecular formula is C52H34N2O. The van der Waals surface area contributed by atoms with Gasteiger partial charge in [0, 0.05) is 49.9 Å². The summed E-state index contributed by atoms with van der Waals surface area (Å²) < 4.78 is 8.57. The molecule has 2 aliphatic rings. The third-order valence-electron chi connectivity index (χ3n) is 11.9. The lowest BCUT2D eigenvalue weighted by atomic mass is 9.86. The van der Waals surface area contributed by atoms with Crippen molar-refractivity contribution in [2.24, 2.45) is 0 Å². The first kappa shape index (κ1) is 30.4. The van der Waals surface area contributed by atoms with E-state index in [0.29, 0.717) is 0 Å². The van der Waals surface area contributed by atoms with Gasteiger partial charge in [-0.25, -0.2) is 0 Å². The fourth-order valence-electron chi connectivity index (χ4n) is 9.48. The zero-order chi connectivity index (χ0) is 36.0. The number of fused-ring (bicyclic) bond motifs is 10. The molecule has 55 heavy (non-hydrogen) atoms. The Morgan fingerprint density at radius 3 is 2.09 bits per heavy atom. The second-order valence-electron chi connectivity index (χ2n) is 14.8. The molecule has 10 aromatic rings. The summed E-state index contributed by atoms with van der Waals surface area (Å²) in [6.07, 6.45) is 7.27. The van der Waals surface area contributed by atoms with Crippen LogP contribution in [0.5, 0.6) is 0 Å². The number of hydrogen-bond donors (Lipinski definition) is 0. The fourth-order valence-corrected chi connectivity index (χ4v) is 9.48. The van der Waals surface area contributed by atoms with Crippen molar-refractivity contribution in [3.8, 4) is 16.8 Å². The van der Waals surface area contributed by atoms with Crippen LogP contribution in [0.2, 0.25) is 0 Å². The van der Waals surface area contributed by atoms with E-state index in [-0.39, 0.29) is 12.0 Å². The average molecular weight is 703 g/mol. The average Bonchev–Trinajstić information content (AvgIpc) is 3.90. The van der Waals surface area contributed by atoms with Crippen LogP contribution in [0.15, 0.2) is 199 Å². The third-order valence-corrected chi connectivity index (χ3v) is 11.9. The molecule has 258 valence electrons. The van der Waals surface area contributed by atoms with E-state index >= 15 is 0 Å². The van der Waals surface area contributed by atoms with Crippen molar-refractivity contribution in [3.05, 3.63) is 205 Å². The summed E-state index contributed by atoms with van der Waals surface area (Å²) in [5, 5.41) is 7.31. The van der Waals surface area contributed by atoms with E-state index < -0.39 is 0 Å². The van der Waals surface area contributed by atoms with Gasteiger partial charge in [0.25, 0.3) is 0 Å². The second kappa shape index (κ2) is 11.7. The highest BCUT2D eigenvalue weighted by atomic mass is 16.3. The van der Waals surface area contributed by atoms with Crippen molar-refractivity contribution in [1.29, 1.82) is 0 Å². The van der Waals surface area contributed by atoms with Crippen molar-refractivity contribution in [1.82, 2.24) is 4.57 Å². The molecule has 0 saturated carbocycles. The van der Waals surface area contributed by atoms with Crippen molar-refractivity contribution in [2.45, 2.75) is 12.0 Å². The lowest BCUT2D eigenvalue weighted by Crippen LogP contribution is -2.29. The van der Waals surface area contributed by atoms with E-state index in [1.807, 2.05) is 12.1 Å². The molecule has 0 radical (unpaired) electrons. The van der Waals surface area contributed by atoms with E-state index in [1.54, 1.807) is 0 Å². The first-order valence-electron chi connectivity index (χ1n) is 19.1. The summed E-state index contributed by atoms with van der Waals surface area (Å²) in [5.74, 6) is 0.249. The van der Waals surface area contributed by atoms with E-state index in [4.69, 9.17) is 4.42 Å². The molecule has 2 atom stereocenters. The van der Waals surface area contributed by atoms with Crippen molar-refractivity contribution >= 4 is 71.5 Å². The molecule has 3 heteroatoms. The zero-order valence-corrected chi connectivity index (χ0v) is 29.9. The van der Waals surface area contributed by atoms with Crippen LogP contribution in [0.4, 0.5) is 11.4 Å². The fraction of sp³-hybridized carbons (Fsp3) is 0.0385. The minimum atomic E-state index is 0.127. The van der Waals surface area contributed by atoms with Crippen molar-refractivity contribution in [3.63, 3.8) is 0 Å². The summed E-state index contributed by atoms with van der Waals surface area (Å²) in [5.41, 5.74) is 14.2. The van der Waals surface area contributed by atoms with Gasteiger partial charge in [-0.05, 0) is 93.9 Å². The molecule has 0 fully saturated rings. The largest absolute Gasteiger partial charge is 0.456 e. The monoisotopic (exact) mass is 702 g/mol. The minimum absolute atomic E-state index is 0.127. The minimum Gasteiger partial charge on any atom is -0.456 e. The Labute approximate surface area is 318 Å². The molecule has 0 spiro atoms. The molecule has 12 rings (SSSR count). The SMILES string of the molecule is C1=CC2c3ccccc3N(c3cccc4c(-c5ccc6oc7ccccc7c6c5)cccc34)C2C=C1c1ccc2c(c1)c1ccccc1n2-c1ccccc1. The van der Waals surface area contributed by atoms with Gasteiger partial charge in [0.1, 0.15) is 11.2 Å². The number of para-hydroxylation sites is 4. The molecule has 2 unspecified atom stereocenters. The molecule has 8 aromatic carbocycles. The summed E-state index contributed by atoms with van der Waals surface area (Å²) in [4.78, 5) is 2.59. The highest BCUT2D eigenvalue weighted by molar-refractivity contribution is 6.11. The standard InChI is InChI=1S/C52H34N2O/c1-2-12-36(13-3-1)53-46-20-7-5-15-41(46)44-30-33(25-28-49(44)53)34-24-27-42-40-14-4-8-21-47(40)54(50(42)32-34)48-22-11-18-38-37(17-10-19-39(38)48)35-26-29-52-45(31-35)43-16-6-9-23-51(43)55-52/h1-32,42,50H. The third kappa shape index (κ3) is 4.50. The van der Waals surface area contributed by atoms with E-state index in [1.165, 1.54) is 77.5 Å². The van der Waals surface area contributed by atoms with Gasteiger partial charge >= 0.3 is 0 Å². The van der Waals surface area contributed by atoms with E-state index in [0.717, 1.165) is 21.9 Å². The predicted octanol–water partition coefficient (Wildman–Crippen LogP) is 13.8. The Balaban J connectivity index is 0.996. The molecule has 0 amide bonds. The van der Waals surface area contributed by atoms with E-state index in [2.05, 4.69) is 191 Å². The zero-order valence-electron chi connectivity index (χ0n) is 29.9. The summed E-state index contributed by atoms with van der Waals surface area (Å²) in [6, 6.07) is 64.0. The molecule has 0 saturated heterocycles. The maximum Gasteiger partial charge on any atom is 0.135 e. The molecule has 0 N–H and O–H groups in total. The Morgan fingerprint density at radius 2 is 1.15 bits per heavy atom. The van der Waals surface area contributed by atoms with Crippen LogP contribution in [0.1, 0.15) is 17.0 Å². The molecule has 1 aliphatic carbocycles. The first-order chi connectivity index (χ1) is 27.3. The number of anilines is 2. The van der Waals surface area contributed by atoms with Gasteiger partial charge in [0.2, 0.25) is 0 Å². The van der Waals surface area contributed by atoms with Gasteiger partial charge < -0.3 is 13.9 Å². The van der Waals surface area contributed by atoms with Crippen LogP contribution in [-0.2, 0) is 0 Å². The normalized spacial score (nSPS) is 16.4. The number of aromatic nitrogens is 1. The van der Waals surface area contributed by atoms with Gasteiger partial charge in [-0.15, -0.1) is 0 Å². The lowest BCUT2D eigenvalue weighted by molar-refractivity contribution is 0.669. The topological polar surface area (TPSA) is 21.3 Å². The molecule has 0 bridgehead atoms.